The maximum atomic E-state index is 6.13. The number of hydrogen-bond acceptors (Lipinski definition) is 4. The Hall–Kier alpha value is -0.580. The zero-order chi connectivity index (χ0) is 13.1. The van der Waals surface area contributed by atoms with Gasteiger partial charge in [-0.1, -0.05) is 6.92 Å². The predicted molar refractivity (Wildman–Crippen MR) is 75.1 cm³/mol. The number of rotatable bonds is 4. The minimum atomic E-state index is 0.229. The highest BCUT2D eigenvalue weighted by molar-refractivity contribution is 5.10. The molecule has 0 radical (unpaired) electrons. The summed E-state index contributed by atoms with van der Waals surface area (Å²) in [6, 6.07) is 0.895. The Morgan fingerprint density at radius 3 is 3.21 bits per heavy atom. The summed E-state index contributed by atoms with van der Waals surface area (Å²) in [6.45, 7) is 7.13. The summed E-state index contributed by atoms with van der Waals surface area (Å²) in [5.74, 6) is 1.11. The van der Waals surface area contributed by atoms with E-state index in [-0.39, 0.29) is 12.1 Å². The second kappa shape index (κ2) is 6.25. The standard InChI is InChI=1S/C15H26N2O2/c1-2-16-15(13-7-3-4-9-18-13)14-10-17-8-5-6-12(17)11-19-14/h7,12,14-16H,2-6,8-11H2,1H3. The van der Waals surface area contributed by atoms with E-state index in [1.807, 2.05) is 0 Å². The summed E-state index contributed by atoms with van der Waals surface area (Å²) >= 11 is 0. The average molecular weight is 266 g/mol. The van der Waals surface area contributed by atoms with Crippen molar-refractivity contribution in [1.29, 1.82) is 0 Å². The molecule has 3 rings (SSSR count). The van der Waals surface area contributed by atoms with E-state index in [2.05, 4.69) is 23.2 Å². The number of morpholine rings is 1. The number of ether oxygens (including phenoxy) is 2. The molecule has 3 unspecified atom stereocenters. The van der Waals surface area contributed by atoms with Crippen LogP contribution < -0.4 is 5.32 Å². The van der Waals surface area contributed by atoms with E-state index in [9.17, 15) is 0 Å². The van der Waals surface area contributed by atoms with Crippen molar-refractivity contribution in [1.82, 2.24) is 10.2 Å². The lowest BCUT2D eigenvalue weighted by Gasteiger charge is -2.40. The van der Waals surface area contributed by atoms with Gasteiger partial charge in [-0.25, -0.2) is 0 Å². The lowest BCUT2D eigenvalue weighted by Crippen LogP contribution is -2.55. The van der Waals surface area contributed by atoms with Gasteiger partial charge in [-0.2, -0.15) is 0 Å². The van der Waals surface area contributed by atoms with E-state index in [1.165, 1.54) is 19.4 Å². The zero-order valence-corrected chi connectivity index (χ0v) is 11.9. The maximum Gasteiger partial charge on any atom is 0.112 e. The van der Waals surface area contributed by atoms with Crippen molar-refractivity contribution >= 4 is 0 Å². The summed E-state index contributed by atoms with van der Waals surface area (Å²) in [5, 5.41) is 3.56. The first-order valence-electron chi connectivity index (χ1n) is 7.80. The molecule has 2 fully saturated rings. The van der Waals surface area contributed by atoms with Crippen LogP contribution in [0.25, 0.3) is 0 Å². The number of hydrogen-bond donors (Lipinski definition) is 1. The summed E-state index contributed by atoms with van der Waals surface area (Å²) < 4.78 is 12.0. The third kappa shape index (κ3) is 2.96. The highest BCUT2D eigenvalue weighted by atomic mass is 16.5. The molecule has 0 spiro atoms. The van der Waals surface area contributed by atoms with E-state index >= 15 is 0 Å². The number of likely N-dealkylation sites (N-methyl/N-ethyl adjacent to an activating group) is 1. The van der Waals surface area contributed by atoms with Crippen LogP contribution in [0.4, 0.5) is 0 Å². The van der Waals surface area contributed by atoms with Crippen LogP contribution in [0, 0.1) is 0 Å². The van der Waals surface area contributed by atoms with Crippen molar-refractivity contribution in [2.24, 2.45) is 0 Å². The van der Waals surface area contributed by atoms with Crippen LogP contribution in [-0.2, 0) is 9.47 Å². The van der Waals surface area contributed by atoms with E-state index in [1.54, 1.807) is 0 Å². The molecule has 1 N–H and O–H groups in total. The van der Waals surface area contributed by atoms with Gasteiger partial charge in [-0.3, -0.25) is 4.90 Å². The fourth-order valence-corrected chi connectivity index (χ4v) is 3.47. The second-order valence-electron chi connectivity index (χ2n) is 5.80. The van der Waals surface area contributed by atoms with E-state index in [0.717, 1.165) is 44.9 Å². The van der Waals surface area contributed by atoms with Crippen molar-refractivity contribution in [3.05, 3.63) is 11.8 Å². The summed E-state index contributed by atoms with van der Waals surface area (Å²) in [4.78, 5) is 2.60. The van der Waals surface area contributed by atoms with Gasteiger partial charge in [0.15, 0.2) is 0 Å². The Morgan fingerprint density at radius 2 is 2.42 bits per heavy atom. The Bertz CT molecular complexity index is 332. The molecule has 3 atom stereocenters. The Morgan fingerprint density at radius 1 is 1.47 bits per heavy atom. The molecule has 3 heterocycles. The second-order valence-corrected chi connectivity index (χ2v) is 5.80. The minimum absolute atomic E-state index is 0.229. The first-order valence-corrected chi connectivity index (χ1v) is 7.80. The molecule has 4 heteroatoms. The van der Waals surface area contributed by atoms with Gasteiger partial charge < -0.3 is 14.8 Å². The van der Waals surface area contributed by atoms with Crippen molar-refractivity contribution in [3.63, 3.8) is 0 Å². The fraction of sp³-hybridized carbons (Fsp3) is 0.867. The van der Waals surface area contributed by atoms with Crippen LogP contribution >= 0.6 is 0 Å². The van der Waals surface area contributed by atoms with Gasteiger partial charge in [0.1, 0.15) is 5.76 Å². The predicted octanol–water partition coefficient (Wildman–Crippen LogP) is 1.52. The highest BCUT2D eigenvalue weighted by Gasteiger charge is 2.37. The molecule has 3 aliphatic rings. The fourth-order valence-electron chi connectivity index (χ4n) is 3.47. The first kappa shape index (κ1) is 13.4. The molecule has 0 amide bonds. The summed E-state index contributed by atoms with van der Waals surface area (Å²) in [5.41, 5.74) is 0. The first-order chi connectivity index (χ1) is 9.38. The van der Waals surface area contributed by atoms with Crippen LogP contribution in [0.15, 0.2) is 11.8 Å². The quantitative estimate of drug-likeness (QED) is 0.836. The average Bonchev–Trinajstić information content (AvgIpc) is 2.93. The highest BCUT2D eigenvalue weighted by Crippen LogP contribution is 2.26. The Balaban J connectivity index is 1.67. The largest absolute Gasteiger partial charge is 0.496 e. The SMILES string of the molecule is CCNC(C1=CCCCO1)C1CN2CCCC2CO1. The zero-order valence-electron chi connectivity index (χ0n) is 11.9. The number of nitrogens with zero attached hydrogens (tertiary/aromatic N) is 1. The van der Waals surface area contributed by atoms with Gasteiger partial charge in [0, 0.05) is 12.6 Å². The lowest BCUT2D eigenvalue weighted by atomic mass is 10.0. The molecule has 0 aliphatic carbocycles. The molecule has 0 aromatic carbocycles. The smallest absolute Gasteiger partial charge is 0.112 e. The molecule has 108 valence electrons. The Labute approximate surface area is 116 Å². The third-order valence-electron chi connectivity index (χ3n) is 4.48. The summed E-state index contributed by atoms with van der Waals surface area (Å²) in [7, 11) is 0. The minimum Gasteiger partial charge on any atom is -0.496 e. The molecular weight excluding hydrogens is 240 g/mol. The van der Waals surface area contributed by atoms with Crippen LogP contribution in [-0.4, -0.2) is 55.9 Å². The van der Waals surface area contributed by atoms with Gasteiger partial charge in [0.2, 0.25) is 0 Å². The van der Waals surface area contributed by atoms with E-state index in [0.29, 0.717) is 6.04 Å². The number of allylic oxidation sites excluding steroid dienone is 1. The van der Waals surface area contributed by atoms with Crippen molar-refractivity contribution in [3.8, 4) is 0 Å². The van der Waals surface area contributed by atoms with Gasteiger partial charge in [-0.15, -0.1) is 0 Å². The maximum absolute atomic E-state index is 6.13. The molecular formula is C15H26N2O2. The monoisotopic (exact) mass is 266 g/mol. The van der Waals surface area contributed by atoms with Crippen molar-refractivity contribution < 1.29 is 9.47 Å². The van der Waals surface area contributed by atoms with Gasteiger partial charge in [-0.05, 0) is 44.8 Å². The summed E-state index contributed by atoms with van der Waals surface area (Å²) in [6.07, 6.45) is 7.39. The molecule has 19 heavy (non-hydrogen) atoms. The van der Waals surface area contributed by atoms with Crippen LogP contribution in [0.5, 0.6) is 0 Å². The van der Waals surface area contributed by atoms with Gasteiger partial charge in [0.25, 0.3) is 0 Å². The van der Waals surface area contributed by atoms with Crippen molar-refractivity contribution in [2.75, 3.05) is 32.8 Å². The molecule has 0 bridgehead atoms. The van der Waals surface area contributed by atoms with Gasteiger partial charge in [0.05, 0.1) is 25.4 Å². The van der Waals surface area contributed by atoms with Crippen LogP contribution in [0.1, 0.15) is 32.6 Å². The van der Waals surface area contributed by atoms with Crippen LogP contribution in [0.2, 0.25) is 0 Å². The van der Waals surface area contributed by atoms with Crippen molar-refractivity contribution in [2.45, 2.75) is 50.8 Å². The molecule has 0 aromatic rings. The third-order valence-corrected chi connectivity index (χ3v) is 4.48. The molecule has 3 aliphatic heterocycles. The molecule has 0 aromatic heterocycles. The molecule has 2 saturated heterocycles. The topological polar surface area (TPSA) is 33.7 Å². The molecule has 4 nitrogen and oxygen atoms in total. The number of fused-ring (bicyclic) bond motifs is 1. The Kier molecular flexibility index (Phi) is 4.41. The molecule has 0 saturated carbocycles. The number of nitrogens with one attached hydrogen (secondary N) is 1. The lowest BCUT2D eigenvalue weighted by molar-refractivity contribution is -0.0667. The van der Waals surface area contributed by atoms with Crippen LogP contribution in [0.3, 0.4) is 0 Å². The normalized spacial score (nSPS) is 33.4. The van der Waals surface area contributed by atoms with Gasteiger partial charge >= 0.3 is 0 Å². The van der Waals surface area contributed by atoms with E-state index < -0.39 is 0 Å². The van der Waals surface area contributed by atoms with E-state index in [4.69, 9.17) is 9.47 Å².